The molecule has 0 radical (unpaired) electrons. The van der Waals surface area contributed by atoms with Crippen LogP contribution in [-0.4, -0.2) is 25.2 Å². The quantitative estimate of drug-likeness (QED) is 0.879. The first-order valence-corrected chi connectivity index (χ1v) is 6.54. The Kier molecular flexibility index (Phi) is 4.63. The molecule has 0 atom stereocenters. The number of nitrogens with one attached hydrogen (secondary N) is 1. The fourth-order valence-electron chi connectivity index (χ4n) is 1.77. The van der Waals surface area contributed by atoms with Crippen molar-refractivity contribution in [1.82, 2.24) is 10.3 Å². The number of hydrogen-bond acceptors (Lipinski definition) is 5. The van der Waals surface area contributed by atoms with Gasteiger partial charge in [-0.1, -0.05) is 13.8 Å². The van der Waals surface area contributed by atoms with E-state index >= 15 is 0 Å². The highest BCUT2D eigenvalue weighted by Crippen LogP contribution is 2.30. The molecule has 1 aromatic carbocycles. The Morgan fingerprint density at radius 1 is 1.15 bits per heavy atom. The van der Waals surface area contributed by atoms with Gasteiger partial charge in [-0.15, -0.1) is 0 Å². The van der Waals surface area contributed by atoms with Crippen molar-refractivity contribution in [2.45, 2.75) is 26.4 Å². The lowest BCUT2D eigenvalue weighted by Gasteiger charge is -2.06. The van der Waals surface area contributed by atoms with E-state index in [-0.39, 0.29) is 0 Å². The maximum atomic E-state index is 5.73. The summed E-state index contributed by atoms with van der Waals surface area (Å²) in [6.45, 7) is 4.77. The molecule has 0 aliphatic carbocycles. The van der Waals surface area contributed by atoms with Gasteiger partial charge in [0, 0.05) is 17.7 Å². The largest absolute Gasteiger partial charge is 0.497 e. The molecule has 0 aliphatic heterocycles. The molecule has 5 heteroatoms. The van der Waals surface area contributed by atoms with Crippen LogP contribution in [0.2, 0.25) is 0 Å². The summed E-state index contributed by atoms with van der Waals surface area (Å²) in [5.41, 5.74) is 0.879. The molecule has 1 heterocycles. The highest BCUT2D eigenvalue weighted by Gasteiger charge is 2.10. The molecule has 5 nitrogen and oxygen atoms in total. The minimum absolute atomic E-state index is 0.391. The molecule has 0 amide bonds. The number of ether oxygens (including phenoxy) is 2. The van der Waals surface area contributed by atoms with E-state index in [1.165, 1.54) is 0 Å². The molecule has 0 bridgehead atoms. The molecule has 0 aliphatic rings. The molecule has 2 aromatic rings. The summed E-state index contributed by atoms with van der Waals surface area (Å²) >= 11 is 0. The number of methoxy groups -OCH3 is 2. The summed E-state index contributed by atoms with van der Waals surface area (Å²) in [4.78, 5) is 4.26. The lowest BCUT2D eigenvalue weighted by molar-refractivity contribution is 0.394. The van der Waals surface area contributed by atoms with Crippen molar-refractivity contribution in [3.63, 3.8) is 0 Å². The smallest absolute Gasteiger partial charge is 0.208 e. The van der Waals surface area contributed by atoms with Gasteiger partial charge in [0.15, 0.2) is 5.76 Å². The predicted octanol–water partition coefficient (Wildman–Crippen LogP) is 2.86. The number of hydrogen-bond donors (Lipinski definition) is 1. The Morgan fingerprint density at radius 3 is 2.35 bits per heavy atom. The van der Waals surface area contributed by atoms with Crippen LogP contribution in [0.15, 0.2) is 28.8 Å². The fourth-order valence-corrected chi connectivity index (χ4v) is 1.77. The average molecular weight is 276 g/mol. The predicted molar refractivity (Wildman–Crippen MR) is 77.0 cm³/mol. The van der Waals surface area contributed by atoms with Gasteiger partial charge in [0.2, 0.25) is 5.89 Å². The van der Waals surface area contributed by atoms with Crippen molar-refractivity contribution in [1.29, 1.82) is 0 Å². The zero-order valence-corrected chi connectivity index (χ0v) is 12.3. The molecule has 108 valence electrons. The monoisotopic (exact) mass is 276 g/mol. The van der Waals surface area contributed by atoms with Crippen LogP contribution in [-0.2, 0) is 6.54 Å². The Labute approximate surface area is 118 Å². The third-order valence-electron chi connectivity index (χ3n) is 2.85. The van der Waals surface area contributed by atoms with Gasteiger partial charge in [-0.3, -0.25) is 0 Å². The van der Waals surface area contributed by atoms with Crippen LogP contribution < -0.4 is 14.8 Å². The van der Waals surface area contributed by atoms with Crippen molar-refractivity contribution in [2.24, 2.45) is 0 Å². The molecule has 0 saturated heterocycles. The van der Waals surface area contributed by atoms with E-state index in [0.717, 1.165) is 17.1 Å². The minimum atomic E-state index is 0.391. The second-order valence-corrected chi connectivity index (χ2v) is 4.76. The third-order valence-corrected chi connectivity index (χ3v) is 2.85. The summed E-state index contributed by atoms with van der Waals surface area (Å²) in [5, 5.41) is 3.27. The first-order valence-electron chi connectivity index (χ1n) is 6.54. The number of nitrogens with zero attached hydrogens (tertiary/aromatic N) is 1. The van der Waals surface area contributed by atoms with Gasteiger partial charge in [0.25, 0.3) is 0 Å². The van der Waals surface area contributed by atoms with E-state index in [1.54, 1.807) is 20.4 Å². The summed E-state index contributed by atoms with van der Waals surface area (Å²) in [7, 11) is 3.24. The molecule has 0 fully saturated rings. The van der Waals surface area contributed by atoms with Crippen LogP contribution >= 0.6 is 0 Å². The fraction of sp³-hybridized carbons (Fsp3) is 0.400. The van der Waals surface area contributed by atoms with Gasteiger partial charge >= 0.3 is 0 Å². The van der Waals surface area contributed by atoms with Gasteiger partial charge in [0.1, 0.15) is 11.5 Å². The van der Waals surface area contributed by atoms with E-state index in [9.17, 15) is 0 Å². The minimum Gasteiger partial charge on any atom is -0.497 e. The number of oxazole rings is 1. The Hall–Kier alpha value is -2.01. The SMILES string of the molecule is COc1cc(OC)cc(-c2cnc(CNC(C)C)o2)c1. The first kappa shape index (κ1) is 14.4. The van der Waals surface area contributed by atoms with Gasteiger partial charge in [-0.05, 0) is 12.1 Å². The van der Waals surface area contributed by atoms with Crippen LogP contribution in [0.3, 0.4) is 0 Å². The van der Waals surface area contributed by atoms with E-state index in [4.69, 9.17) is 13.9 Å². The zero-order chi connectivity index (χ0) is 14.5. The van der Waals surface area contributed by atoms with Crippen LogP contribution in [0, 0.1) is 0 Å². The summed E-state index contributed by atoms with van der Waals surface area (Å²) in [6.07, 6.45) is 1.71. The van der Waals surface area contributed by atoms with E-state index < -0.39 is 0 Å². The Bertz CT molecular complexity index is 542. The highest BCUT2D eigenvalue weighted by atomic mass is 16.5. The summed E-state index contributed by atoms with van der Waals surface area (Å²) in [5.74, 6) is 2.80. The van der Waals surface area contributed by atoms with Crippen LogP contribution in [0.4, 0.5) is 0 Å². The lowest BCUT2D eigenvalue weighted by Crippen LogP contribution is -2.21. The van der Waals surface area contributed by atoms with Crippen LogP contribution in [0.5, 0.6) is 11.5 Å². The van der Waals surface area contributed by atoms with E-state index in [1.807, 2.05) is 18.2 Å². The molecule has 2 rings (SSSR count). The lowest BCUT2D eigenvalue weighted by atomic mass is 10.1. The van der Waals surface area contributed by atoms with Gasteiger partial charge in [0.05, 0.1) is 27.0 Å². The van der Waals surface area contributed by atoms with Crippen molar-refractivity contribution in [3.05, 3.63) is 30.3 Å². The number of aromatic nitrogens is 1. The van der Waals surface area contributed by atoms with Gasteiger partial charge in [-0.25, -0.2) is 4.98 Å². The zero-order valence-electron chi connectivity index (χ0n) is 12.3. The molecule has 1 aromatic heterocycles. The standard InChI is InChI=1S/C15H20N2O3/c1-10(2)16-9-15-17-8-14(20-15)11-5-12(18-3)7-13(6-11)19-4/h5-8,10,16H,9H2,1-4H3. The Morgan fingerprint density at radius 2 is 1.80 bits per heavy atom. The molecule has 0 unspecified atom stereocenters. The molecule has 0 saturated carbocycles. The average Bonchev–Trinajstić information content (AvgIpc) is 2.93. The van der Waals surface area contributed by atoms with Crippen molar-refractivity contribution in [2.75, 3.05) is 14.2 Å². The maximum absolute atomic E-state index is 5.73. The molecular weight excluding hydrogens is 256 g/mol. The third kappa shape index (κ3) is 3.51. The summed E-state index contributed by atoms with van der Waals surface area (Å²) in [6, 6.07) is 5.99. The van der Waals surface area contributed by atoms with Crippen molar-refractivity contribution < 1.29 is 13.9 Å². The number of rotatable bonds is 6. The topological polar surface area (TPSA) is 56.5 Å². The molecular formula is C15H20N2O3. The molecule has 20 heavy (non-hydrogen) atoms. The van der Waals surface area contributed by atoms with Crippen molar-refractivity contribution in [3.8, 4) is 22.8 Å². The van der Waals surface area contributed by atoms with E-state index in [2.05, 4.69) is 24.1 Å². The second-order valence-electron chi connectivity index (χ2n) is 4.76. The van der Waals surface area contributed by atoms with Gasteiger partial charge in [-0.2, -0.15) is 0 Å². The molecule has 0 spiro atoms. The second kappa shape index (κ2) is 6.43. The van der Waals surface area contributed by atoms with E-state index in [0.29, 0.717) is 24.2 Å². The normalized spacial score (nSPS) is 10.8. The van der Waals surface area contributed by atoms with Crippen LogP contribution in [0.1, 0.15) is 19.7 Å². The highest BCUT2D eigenvalue weighted by molar-refractivity contribution is 5.61. The number of benzene rings is 1. The van der Waals surface area contributed by atoms with Crippen molar-refractivity contribution >= 4 is 0 Å². The maximum Gasteiger partial charge on any atom is 0.208 e. The summed E-state index contributed by atoms with van der Waals surface area (Å²) < 4.78 is 16.2. The van der Waals surface area contributed by atoms with Crippen LogP contribution in [0.25, 0.3) is 11.3 Å². The molecule has 1 N–H and O–H groups in total. The van der Waals surface area contributed by atoms with Gasteiger partial charge < -0.3 is 19.2 Å². The first-order chi connectivity index (χ1) is 9.62. The Balaban J connectivity index is 2.22.